The van der Waals surface area contributed by atoms with E-state index in [1.807, 2.05) is 31.3 Å². The second-order valence-corrected chi connectivity index (χ2v) is 10.1. The first kappa shape index (κ1) is 20.5. The highest BCUT2D eigenvalue weighted by molar-refractivity contribution is 7.89. The fraction of sp³-hybridized carbons (Fsp3) is 0.500. The molecule has 2 fully saturated rings. The Kier molecular flexibility index (Phi) is 6.01. The molecule has 1 aromatic heterocycles. The number of rotatable bonds is 4. The summed E-state index contributed by atoms with van der Waals surface area (Å²) < 4.78 is 34.1. The van der Waals surface area contributed by atoms with Gasteiger partial charge in [-0.05, 0) is 49.9 Å². The summed E-state index contributed by atoms with van der Waals surface area (Å²) in [6, 6.07) is 11.2. The van der Waals surface area contributed by atoms with Gasteiger partial charge in [-0.15, -0.1) is 0 Å². The highest BCUT2D eigenvalue weighted by atomic mass is 32.2. The van der Waals surface area contributed by atoms with E-state index in [-0.39, 0.29) is 5.60 Å². The van der Waals surface area contributed by atoms with Gasteiger partial charge >= 0.3 is 0 Å². The van der Waals surface area contributed by atoms with E-state index < -0.39 is 10.0 Å². The van der Waals surface area contributed by atoms with Crippen molar-refractivity contribution >= 4 is 10.0 Å². The minimum Gasteiger partial charge on any atom is -0.372 e. The van der Waals surface area contributed by atoms with E-state index in [4.69, 9.17) is 4.74 Å². The summed E-state index contributed by atoms with van der Waals surface area (Å²) in [7, 11) is -3.46. The number of ether oxygens (including phenoxy) is 1. The van der Waals surface area contributed by atoms with Crippen molar-refractivity contribution in [3.63, 3.8) is 0 Å². The molecular weight excluding hydrogens is 386 g/mol. The summed E-state index contributed by atoms with van der Waals surface area (Å²) in [4.78, 5) is 6.99. The molecule has 2 aromatic rings. The van der Waals surface area contributed by atoms with Gasteiger partial charge in [0.05, 0.1) is 17.1 Å². The molecule has 0 unspecified atom stereocenters. The van der Waals surface area contributed by atoms with Crippen LogP contribution < -0.4 is 0 Å². The van der Waals surface area contributed by atoms with Gasteiger partial charge < -0.3 is 4.74 Å². The van der Waals surface area contributed by atoms with Crippen LogP contribution in [0, 0.1) is 6.92 Å². The molecule has 3 heterocycles. The fourth-order valence-electron chi connectivity index (χ4n) is 4.35. The van der Waals surface area contributed by atoms with Gasteiger partial charge in [-0.3, -0.25) is 9.88 Å². The molecule has 2 saturated heterocycles. The lowest BCUT2D eigenvalue weighted by molar-refractivity contribution is -0.117. The predicted octanol–water partition coefficient (Wildman–Crippen LogP) is 2.84. The normalized spacial score (nSPS) is 24.4. The lowest BCUT2D eigenvalue weighted by Gasteiger charge is -2.42. The molecule has 1 spiro atoms. The smallest absolute Gasteiger partial charge is 0.243 e. The van der Waals surface area contributed by atoms with Crippen LogP contribution >= 0.6 is 0 Å². The Hall–Kier alpha value is -1.80. The van der Waals surface area contributed by atoms with Crippen LogP contribution in [0.5, 0.6) is 0 Å². The van der Waals surface area contributed by atoms with Crippen LogP contribution in [0.15, 0.2) is 53.7 Å². The quantitative estimate of drug-likeness (QED) is 0.768. The molecule has 29 heavy (non-hydrogen) atoms. The number of benzene rings is 1. The maximum Gasteiger partial charge on any atom is 0.243 e. The minimum atomic E-state index is -3.46. The largest absolute Gasteiger partial charge is 0.372 e. The van der Waals surface area contributed by atoms with Crippen LogP contribution in [-0.2, 0) is 21.3 Å². The third-order valence-corrected chi connectivity index (χ3v) is 7.88. The molecule has 0 radical (unpaired) electrons. The standard InChI is InChI=1S/C22H29N3O3S/c1-19-5-7-21(8-6-19)29(26,27)25-12-3-9-22(10-13-25)18-24(14-15-28-22)17-20-4-2-11-23-16-20/h2,4-8,11,16H,3,9-10,12-15,17-18H2,1H3/t22-/m0/s1. The fourth-order valence-corrected chi connectivity index (χ4v) is 5.83. The van der Waals surface area contributed by atoms with Crippen molar-refractivity contribution in [3.05, 3.63) is 59.9 Å². The predicted molar refractivity (Wildman–Crippen MR) is 112 cm³/mol. The maximum atomic E-state index is 13.1. The molecule has 0 aliphatic carbocycles. The topological polar surface area (TPSA) is 62.7 Å². The second kappa shape index (κ2) is 8.52. The number of aryl methyl sites for hydroxylation is 1. The number of sulfonamides is 1. The Bertz CT molecular complexity index is 918. The zero-order valence-electron chi connectivity index (χ0n) is 17.0. The van der Waals surface area contributed by atoms with Crippen LogP contribution in [0.4, 0.5) is 0 Å². The summed E-state index contributed by atoms with van der Waals surface area (Å²) in [6.07, 6.45) is 6.12. The number of aromatic nitrogens is 1. The first-order valence-corrected chi connectivity index (χ1v) is 11.7. The Labute approximate surface area is 173 Å². The summed E-state index contributed by atoms with van der Waals surface area (Å²) in [5, 5.41) is 0. The second-order valence-electron chi connectivity index (χ2n) is 8.17. The van der Waals surface area contributed by atoms with Crippen molar-refractivity contribution in [1.82, 2.24) is 14.2 Å². The summed E-state index contributed by atoms with van der Waals surface area (Å²) in [5.74, 6) is 0. The molecule has 6 nitrogen and oxygen atoms in total. The Morgan fingerprint density at radius 2 is 1.93 bits per heavy atom. The molecule has 1 atom stereocenters. The molecule has 0 saturated carbocycles. The van der Waals surface area contributed by atoms with Crippen molar-refractivity contribution in [2.24, 2.45) is 0 Å². The van der Waals surface area contributed by atoms with Crippen LogP contribution in [0.2, 0.25) is 0 Å². The molecule has 0 bridgehead atoms. The molecule has 0 amide bonds. The van der Waals surface area contributed by atoms with Crippen molar-refractivity contribution < 1.29 is 13.2 Å². The van der Waals surface area contributed by atoms with Gasteiger partial charge in [-0.25, -0.2) is 8.42 Å². The van der Waals surface area contributed by atoms with Gasteiger partial charge in [-0.2, -0.15) is 4.31 Å². The SMILES string of the molecule is Cc1ccc(S(=O)(=O)N2CCC[C@]3(CC2)CN(Cc2cccnc2)CCO3)cc1. The lowest BCUT2D eigenvalue weighted by Crippen LogP contribution is -2.52. The van der Waals surface area contributed by atoms with Gasteiger partial charge in [0.15, 0.2) is 0 Å². The number of hydrogen-bond donors (Lipinski definition) is 0. The summed E-state index contributed by atoms with van der Waals surface area (Å²) >= 11 is 0. The van der Waals surface area contributed by atoms with Gasteiger partial charge in [-0.1, -0.05) is 23.8 Å². The first-order chi connectivity index (χ1) is 14.0. The van der Waals surface area contributed by atoms with Crippen molar-refractivity contribution in [2.45, 2.75) is 43.2 Å². The van der Waals surface area contributed by atoms with E-state index in [0.717, 1.165) is 44.5 Å². The van der Waals surface area contributed by atoms with Gasteiger partial charge in [0.25, 0.3) is 0 Å². The third kappa shape index (κ3) is 4.69. The Morgan fingerprint density at radius 1 is 1.10 bits per heavy atom. The molecule has 4 rings (SSSR count). The Morgan fingerprint density at radius 3 is 2.69 bits per heavy atom. The highest BCUT2D eigenvalue weighted by Gasteiger charge is 2.40. The van der Waals surface area contributed by atoms with Crippen molar-refractivity contribution in [3.8, 4) is 0 Å². The third-order valence-electron chi connectivity index (χ3n) is 5.97. The Balaban J connectivity index is 1.44. The molecule has 2 aliphatic rings. The minimum absolute atomic E-state index is 0.266. The highest BCUT2D eigenvalue weighted by Crippen LogP contribution is 2.32. The monoisotopic (exact) mass is 415 g/mol. The number of hydrogen-bond acceptors (Lipinski definition) is 5. The first-order valence-electron chi connectivity index (χ1n) is 10.3. The van der Waals surface area contributed by atoms with Crippen LogP contribution in [-0.4, -0.2) is 61.0 Å². The van der Waals surface area contributed by atoms with Gasteiger partial charge in [0, 0.05) is 45.1 Å². The number of pyridine rings is 1. The number of nitrogens with zero attached hydrogens (tertiary/aromatic N) is 3. The number of morpholine rings is 1. The van der Waals surface area contributed by atoms with Crippen molar-refractivity contribution in [2.75, 3.05) is 32.8 Å². The molecule has 2 aliphatic heterocycles. The zero-order valence-corrected chi connectivity index (χ0v) is 17.8. The van der Waals surface area contributed by atoms with E-state index in [1.54, 1.807) is 22.6 Å². The maximum absolute atomic E-state index is 13.1. The molecule has 0 N–H and O–H groups in total. The molecular formula is C22H29N3O3S. The van der Waals surface area contributed by atoms with Crippen LogP contribution in [0.25, 0.3) is 0 Å². The average Bonchev–Trinajstić information content (AvgIpc) is 2.92. The van der Waals surface area contributed by atoms with Crippen LogP contribution in [0.3, 0.4) is 0 Å². The van der Waals surface area contributed by atoms with E-state index >= 15 is 0 Å². The van der Waals surface area contributed by atoms with E-state index in [1.165, 1.54) is 5.56 Å². The molecule has 156 valence electrons. The zero-order chi connectivity index (χ0) is 20.3. The molecule has 1 aromatic carbocycles. The molecule has 7 heteroatoms. The van der Waals surface area contributed by atoms with E-state index in [0.29, 0.717) is 24.6 Å². The van der Waals surface area contributed by atoms with Gasteiger partial charge in [0.2, 0.25) is 10.0 Å². The summed E-state index contributed by atoms with van der Waals surface area (Å²) in [5.41, 5.74) is 1.99. The summed E-state index contributed by atoms with van der Waals surface area (Å²) in [6.45, 7) is 6.27. The van der Waals surface area contributed by atoms with Gasteiger partial charge in [0.1, 0.15) is 0 Å². The van der Waals surface area contributed by atoms with Crippen LogP contribution in [0.1, 0.15) is 30.4 Å². The lowest BCUT2D eigenvalue weighted by atomic mass is 9.92. The average molecular weight is 416 g/mol. The van der Waals surface area contributed by atoms with E-state index in [2.05, 4.69) is 16.0 Å². The van der Waals surface area contributed by atoms with E-state index in [9.17, 15) is 8.42 Å². The van der Waals surface area contributed by atoms with Crippen molar-refractivity contribution in [1.29, 1.82) is 0 Å².